The predicted molar refractivity (Wildman–Crippen MR) is 144 cm³/mol. The SMILES string of the molecule is CC12CCC3C(=CCc4cc(O)ccc43)C1CCC2=O.COc1ccc(C(=O)c2ccccc2O)c(O)c1. The first kappa shape index (κ1) is 25.6. The van der Waals surface area contributed by atoms with Gasteiger partial charge in [0.25, 0.3) is 0 Å². The van der Waals surface area contributed by atoms with Gasteiger partial charge in [-0.3, -0.25) is 9.59 Å². The number of fused-ring (bicyclic) bond motifs is 5. The van der Waals surface area contributed by atoms with E-state index in [0.29, 0.717) is 29.1 Å². The number of carbonyl (C=O) groups excluding carboxylic acids is 2. The van der Waals surface area contributed by atoms with E-state index in [-0.39, 0.29) is 28.0 Å². The van der Waals surface area contributed by atoms with Crippen LogP contribution in [0.15, 0.2) is 72.3 Å². The Morgan fingerprint density at radius 3 is 2.45 bits per heavy atom. The number of allylic oxidation sites excluding steroid dienone is 2. The van der Waals surface area contributed by atoms with Crippen molar-refractivity contribution in [1.29, 1.82) is 0 Å². The molecule has 2 saturated carbocycles. The summed E-state index contributed by atoms with van der Waals surface area (Å²) in [5.74, 6) is 1.49. The number of Topliss-reactive ketones (excluding diaryl/α,β-unsaturated/α-hetero) is 1. The Bertz CT molecular complexity index is 1440. The molecule has 0 spiro atoms. The molecule has 0 aliphatic heterocycles. The van der Waals surface area contributed by atoms with Crippen molar-refractivity contribution in [1.82, 2.24) is 0 Å². The smallest absolute Gasteiger partial charge is 0.200 e. The van der Waals surface area contributed by atoms with Gasteiger partial charge in [0.2, 0.25) is 0 Å². The monoisotopic (exact) mass is 512 g/mol. The highest BCUT2D eigenvalue weighted by Crippen LogP contribution is 2.57. The zero-order valence-electron chi connectivity index (χ0n) is 21.6. The molecule has 3 atom stereocenters. The van der Waals surface area contributed by atoms with Gasteiger partial charge in [0.15, 0.2) is 5.78 Å². The molecule has 6 rings (SSSR count). The second kappa shape index (κ2) is 10.0. The Morgan fingerprint density at radius 1 is 0.947 bits per heavy atom. The van der Waals surface area contributed by atoms with E-state index in [9.17, 15) is 24.9 Å². The van der Waals surface area contributed by atoms with Crippen molar-refractivity contribution in [3.63, 3.8) is 0 Å². The molecule has 3 aliphatic carbocycles. The lowest BCUT2D eigenvalue weighted by molar-refractivity contribution is -0.126. The number of ketones is 2. The van der Waals surface area contributed by atoms with Crippen molar-refractivity contribution < 1.29 is 29.6 Å². The van der Waals surface area contributed by atoms with Gasteiger partial charge in [0, 0.05) is 23.8 Å². The van der Waals surface area contributed by atoms with Crippen LogP contribution in [0.3, 0.4) is 0 Å². The zero-order chi connectivity index (χ0) is 27.0. The number of phenolic OH excluding ortho intramolecular Hbond substituents is 3. The molecule has 0 heterocycles. The fraction of sp³-hybridized carbons (Fsp3) is 0.312. The second-order valence-electron chi connectivity index (χ2n) is 10.5. The van der Waals surface area contributed by atoms with Gasteiger partial charge in [0.1, 0.15) is 28.8 Å². The van der Waals surface area contributed by atoms with Crippen LogP contribution in [0.4, 0.5) is 0 Å². The Hall–Kier alpha value is -4.06. The van der Waals surface area contributed by atoms with Crippen molar-refractivity contribution in [2.24, 2.45) is 11.3 Å². The number of para-hydroxylation sites is 1. The highest BCUT2D eigenvalue weighted by molar-refractivity contribution is 6.12. The van der Waals surface area contributed by atoms with Crippen LogP contribution in [0.1, 0.15) is 65.6 Å². The summed E-state index contributed by atoms with van der Waals surface area (Å²) in [5, 5.41) is 29.0. The number of ether oxygens (including phenoxy) is 1. The number of phenols is 3. The molecule has 6 heteroatoms. The molecule has 38 heavy (non-hydrogen) atoms. The molecule has 0 bridgehead atoms. The zero-order valence-corrected chi connectivity index (χ0v) is 21.6. The summed E-state index contributed by atoms with van der Waals surface area (Å²) in [6.07, 6.45) is 7.11. The highest BCUT2D eigenvalue weighted by atomic mass is 16.5. The molecule has 6 nitrogen and oxygen atoms in total. The topological polar surface area (TPSA) is 104 Å². The Kier molecular flexibility index (Phi) is 6.74. The summed E-state index contributed by atoms with van der Waals surface area (Å²) in [6.45, 7) is 2.18. The van der Waals surface area contributed by atoms with E-state index in [1.807, 2.05) is 6.07 Å². The summed E-state index contributed by atoms with van der Waals surface area (Å²) in [5.41, 5.74) is 4.31. The lowest BCUT2D eigenvalue weighted by atomic mass is 9.60. The first-order chi connectivity index (χ1) is 18.2. The molecule has 2 fully saturated rings. The second-order valence-corrected chi connectivity index (χ2v) is 10.5. The van der Waals surface area contributed by atoms with E-state index in [1.54, 1.807) is 24.3 Å². The van der Waals surface area contributed by atoms with Gasteiger partial charge < -0.3 is 20.1 Å². The third-order valence-electron chi connectivity index (χ3n) is 8.48. The van der Waals surface area contributed by atoms with Gasteiger partial charge in [-0.05, 0) is 79.1 Å². The fourth-order valence-corrected chi connectivity index (χ4v) is 6.37. The first-order valence-corrected chi connectivity index (χ1v) is 13.0. The molecule has 0 saturated heterocycles. The minimum Gasteiger partial charge on any atom is -0.508 e. The normalized spacial score (nSPS) is 23.2. The third kappa shape index (κ3) is 4.44. The van der Waals surface area contributed by atoms with Crippen molar-refractivity contribution in [3.05, 3.63) is 94.6 Å². The number of hydrogen-bond donors (Lipinski definition) is 3. The van der Waals surface area contributed by atoms with E-state index in [1.165, 1.54) is 48.1 Å². The summed E-state index contributed by atoms with van der Waals surface area (Å²) in [7, 11) is 1.47. The van der Waals surface area contributed by atoms with E-state index in [4.69, 9.17) is 4.74 Å². The summed E-state index contributed by atoms with van der Waals surface area (Å²) in [4.78, 5) is 24.4. The van der Waals surface area contributed by atoms with Gasteiger partial charge in [-0.15, -0.1) is 0 Å². The molecule has 3 aromatic rings. The van der Waals surface area contributed by atoms with E-state index in [0.717, 1.165) is 32.1 Å². The molecule has 0 aromatic heterocycles. The Balaban J connectivity index is 0.000000156. The maximum absolute atomic E-state index is 12.2. The average Bonchev–Trinajstić information content (AvgIpc) is 3.22. The highest BCUT2D eigenvalue weighted by Gasteiger charge is 2.52. The summed E-state index contributed by atoms with van der Waals surface area (Å²) < 4.78 is 4.94. The fourth-order valence-electron chi connectivity index (χ4n) is 6.37. The molecule has 0 radical (unpaired) electrons. The maximum Gasteiger partial charge on any atom is 0.200 e. The van der Waals surface area contributed by atoms with Gasteiger partial charge in [-0.2, -0.15) is 0 Å². The molecular weight excluding hydrogens is 480 g/mol. The third-order valence-corrected chi connectivity index (χ3v) is 8.48. The average molecular weight is 513 g/mol. The molecule has 3 aliphatic rings. The van der Waals surface area contributed by atoms with Crippen molar-refractivity contribution >= 4 is 11.6 Å². The van der Waals surface area contributed by atoms with Crippen LogP contribution >= 0.6 is 0 Å². The molecule has 3 aromatic carbocycles. The number of benzene rings is 3. The molecular formula is C32H32O6. The van der Waals surface area contributed by atoms with Crippen LogP contribution < -0.4 is 4.74 Å². The first-order valence-electron chi connectivity index (χ1n) is 13.0. The van der Waals surface area contributed by atoms with Gasteiger partial charge >= 0.3 is 0 Å². The van der Waals surface area contributed by atoms with Crippen LogP contribution in [-0.2, 0) is 11.2 Å². The van der Waals surface area contributed by atoms with Gasteiger partial charge in [-0.1, -0.05) is 36.8 Å². The number of aromatic hydroxyl groups is 3. The molecule has 3 unspecified atom stereocenters. The maximum atomic E-state index is 12.2. The van der Waals surface area contributed by atoms with Crippen molar-refractivity contribution in [2.75, 3.05) is 7.11 Å². The van der Waals surface area contributed by atoms with Crippen LogP contribution in [0, 0.1) is 11.3 Å². The number of methoxy groups -OCH3 is 1. The van der Waals surface area contributed by atoms with E-state index < -0.39 is 5.78 Å². The number of hydrogen-bond acceptors (Lipinski definition) is 6. The van der Waals surface area contributed by atoms with Crippen molar-refractivity contribution in [2.45, 2.75) is 44.9 Å². The molecule has 196 valence electrons. The largest absolute Gasteiger partial charge is 0.508 e. The van der Waals surface area contributed by atoms with E-state index in [2.05, 4.69) is 19.1 Å². The molecule has 3 N–H and O–H groups in total. The Labute approximate surface area is 222 Å². The van der Waals surface area contributed by atoms with Crippen molar-refractivity contribution in [3.8, 4) is 23.0 Å². The minimum absolute atomic E-state index is 0.100. The van der Waals surface area contributed by atoms with Gasteiger partial charge in [0.05, 0.1) is 18.2 Å². The summed E-state index contributed by atoms with van der Waals surface area (Å²) >= 11 is 0. The predicted octanol–water partition coefficient (Wildman–Crippen LogP) is 6.07. The lowest BCUT2D eigenvalue weighted by Gasteiger charge is -2.43. The number of rotatable bonds is 3. The van der Waals surface area contributed by atoms with Crippen LogP contribution in [0.5, 0.6) is 23.0 Å². The quantitative estimate of drug-likeness (QED) is 0.290. The van der Waals surface area contributed by atoms with Gasteiger partial charge in [-0.25, -0.2) is 0 Å². The Morgan fingerprint density at radius 2 is 1.71 bits per heavy atom. The summed E-state index contributed by atoms with van der Waals surface area (Å²) in [6, 6.07) is 16.4. The van der Waals surface area contributed by atoms with E-state index >= 15 is 0 Å². The lowest BCUT2D eigenvalue weighted by Crippen LogP contribution is -2.37. The molecule has 0 amide bonds. The van der Waals surface area contributed by atoms with Crippen LogP contribution in [0.25, 0.3) is 0 Å². The van der Waals surface area contributed by atoms with Crippen LogP contribution in [0.2, 0.25) is 0 Å². The number of carbonyl (C=O) groups is 2. The standard InChI is InChI=1S/C18H20O2.C14H12O4/c1-18-9-8-14-13-5-3-12(19)10-11(13)2-4-15(14)16(18)6-7-17(18)20;1-18-9-6-7-11(13(16)8-9)14(17)10-4-2-3-5-12(10)15/h3-5,10,14,16,19H,2,6-9H2,1H3;2-8,15-16H,1H3. The minimum atomic E-state index is -0.437. The van der Waals surface area contributed by atoms with Crippen LogP contribution in [-0.4, -0.2) is 34.0 Å².